The van der Waals surface area contributed by atoms with E-state index in [9.17, 15) is 9.90 Å². The average Bonchev–Trinajstić information content (AvgIpc) is 2.24. The molecule has 6 heteroatoms. The van der Waals surface area contributed by atoms with E-state index in [2.05, 4.69) is 0 Å². The van der Waals surface area contributed by atoms with Crippen molar-refractivity contribution in [1.29, 1.82) is 0 Å². The van der Waals surface area contributed by atoms with E-state index in [4.69, 9.17) is 14.6 Å². The molecule has 0 saturated heterocycles. The lowest BCUT2D eigenvalue weighted by atomic mass is 10.1. The van der Waals surface area contributed by atoms with Crippen LogP contribution in [0.2, 0.25) is 0 Å². The second-order valence-corrected chi connectivity index (χ2v) is 4.35. The van der Waals surface area contributed by atoms with Crippen molar-refractivity contribution in [2.24, 2.45) is 0 Å². The molecule has 17 heavy (non-hydrogen) atoms. The summed E-state index contributed by atoms with van der Waals surface area (Å²) < 4.78 is 9.99. The van der Waals surface area contributed by atoms with Crippen LogP contribution >= 0.6 is 0 Å². The number of hydrogen-bond donors (Lipinski definition) is 2. The second-order valence-electron chi connectivity index (χ2n) is 4.35. The molecule has 6 nitrogen and oxygen atoms in total. The zero-order valence-corrected chi connectivity index (χ0v) is 11.0. The van der Waals surface area contributed by atoms with E-state index in [-0.39, 0.29) is 12.6 Å². The molecule has 0 aromatic heterocycles. The minimum absolute atomic E-state index is 0.0148. The Morgan fingerprint density at radius 2 is 2.00 bits per heavy atom. The highest BCUT2D eigenvalue weighted by molar-refractivity contribution is 5.76. The van der Waals surface area contributed by atoms with Crippen LogP contribution in [0, 0.1) is 0 Å². The molecule has 0 heterocycles. The lowest BCUT2D eigenvalue weighted by Crippen LogP contribution is -2.51. The van der Waals surface area contributed by atoms with E-state index in [1.165, 1.54) is 6.92 Å². The van der Waals surface area contributed by atoms with Crippen molar-refractivity contribution in [1.82, 2.24) is 4.90 Å². The number of aliphatic carboxylic acids is 1. The molecule has 0 saturated carbocycles. The molecule has 0 radical (unpaired) electrons. The average molecular weight is 249 g/mol. The molecule has 0 fully saturated rings. The number of carbonyl (C=O) groups is 1. The SMILES string of the molecule is COCCN(CC(C)(O)C(=O)O)C(C)COC. The van der Waals surface area contributed by atoms with Crippen molar-refractivity contribution in [3.63, 3.8) is 0 Å². The van der Waals surface area contributed by atoms with Gasteiger partial charge in [-0.1, -0.05) is 0 Å². The maximum atomic E-state index is 10.9. The summed E-state index contributed by atoms with van der Waals surface area (Å²) >= 11 is 0. The zero-order valence-electron chi connectivity index (χ0n) is 11.0. The van der Waals surface area contributed by atoms with E-state index in [1.54, 1.807) is 14.2 Å². The van der Waals surface area contributed by atoms with Gasteiger partial charge in [-0.2, -0.15) is 0 Å². The van der Waals surface area contributed by atoms with Crippen molar-refractivity contribution in [2.45, 2.75) is 25.5 Å². The molecule has 0 amide bonds. The van der Waals surface area contributed by atoms with Crippen LogP contribution in [0.25, 0.3) is 0 Å². The Kier molecular flexibility index (Phi) is 7.29. The molecule has 2 unspecified atom stereocenters. The topological polar surface area (TPSA) is 79.2 Å². The third-order valence-electron chi connectivity index (χ3n) is 2.59. The summed E-state index contributed by atoms with van der Waals surface area (Å²) in [5.41, 5.74) is -1.77. The van der Waals surface area contributed by atoms with Gasteiger partial charge in [-0.15, -0.1) is 0 Å². The van der Waals surface area contributed by atoms with Gasteiger partial charge in [0.05, 0.1) is 13.2 Å². The predicted molar refractivity (Wildman–Crippen MR) is 63.0 cm³/mol. The summed E-state index contributed by atoms with van der Waals surface area (Å²) in [6, 6.07) is 0.0148. The Labute approximate surface area is 102 Å². The molecule has 0 aromatic carbocycles. The van der Waals surface area contributed by atoms with E-state index >= 15 is 0 Å². The quantitative estimate of drug-likeness (QED) is 0.589. The van der Waals surface area contributed by atoms with Crippen molar-refractivity contribution < 1.29 is 24.5 Å². The third-order valence-corrected chi connectivity index (χ3v) is 2.59. The molecule has 2 N–H and O–H groups in total. The Morgan fingerprint density at radius 3 is 2.41 bits per heavy atom. The van der Waals surface area contributed by atoms with Gasteiger partial charge in [0.2, 0.25) is 0 Å². The number of nitrogens with zero attached hydrogens (tertiary/aromatic N) is 1. The van der Waals surface area contributed by atoms with Crippen LogP contribution in [-0.2, 0) is 14.3 Å². The maximum absolute atomic E-state index is 10.9. The number of methoxy groups -OCH3 is 2. The van der Waals surface area contributed by atoms with Gasteiger partial charge >= 0.3 is 5.97 Å². The number of carboxylic acid groups (broad SMARTS) is 1. The number of aliphatic hydroxyl groups is 1. The molecule has 0 rings (SSSR count). The van der Waals surface area contributed by atoms with Crippen LogP contribution in [0.15, 0.2) is 0 Å². The van der Waals surface area contributed by atoms with Crippen molar-refractivity contribution >= 4 is 5.97 Å². The van der Waals surface area contributed by atoms with E-state index in [0.717, 1.165) is 0 Å². The maximum Gasteiger partial charge on any atom is 0.336 e. The van der Waals surface area contributed by atoms with Crippen LogP contribution in [0.5, 0.6) is 0 Å². The van der Waals surface area contributed by atoms with Crippen molar-refractivity contribution in [3.05, 3.63) is 0 Å². The number of ether oxygens (including phenoxy) is 2. The monoisotopic (exact) mass is 249 g/mol. The van der Waals surface area contributed by atoms with E-state index in [1.807, 2.05) is 11.8 Å². The normalized spacial score (nSPS) is 16.8. The Hall–Kier alpha value is -0.690. The first-order chi connectivity index (χ1) is 7.85. The predicted octanol–water partition coefficient (Wildman–Crippen LogP) is -0.195. The highest BCUT2D eigenvalue weighted by Crippen LogP contribution is 2.10. The zero-order chi connectivity index (χ0) is 13.5. The molecule has 0 aliphatic rings. The standard InChI is InChI=1S/C11H23NO5/c1-9(7-17-4)12(5-6-16-3)8-11(2,15)10(13)14/h9,15H,5-8H2,1-4H3,(H,13,14). The highest BCUT2D eigenvalue weighted by Gasteiger charge is 2.33. The fraction of sp³-hybridized carbons (Fsp3) is 0.909. The Morgan fingerprint density at radius 1 is 1.41 bits per heavy atom. The Bertz CT molecular complexity index is 232. The van der Waals surface area contributed by atoms with Gasteiger partial charge in [-0.25, -0.2) is 4.79 Å². The van der Waals surface area contributed by atoms with E-state index in [0.29, 0.717) is 19.8 Å². The first kappa shape index (κ1) is 16.3. The van der Waals surface area contributed by atoms with Gasteiger partial charge in [-0.05, 0) is 13.8 Å². The van der Waals surface area contributed by atoms with Crippen molar-refractivity contribution in [3.8, 4) is 0 Å². The highest BCUT2D eigenvalue weighted by atomic mass is 16.5. The summed E-state index contributed by atoms with van der Waals surface area (Å²) in [5, 5.41) is 18.6. The van der Waals surface area contributed by atoms with Crippen LogP contribution in [0.4, 0.5) is 0 Å². The van der Waals surface area contributed by atoms with Crippen LogP contribution < -0.4 is 0 Å². The summed E-state index contributed by atoms with van der Waals surface area (Å²) in [6.07, 6.45) is 0. The third kappa shape index (κ3) is 5.97. The first-order valence-electron chi connectivity index (χ1n) is 5.52. The summed E-state index contributed by atoms with van der Waals surface area (Å²) in [6.45, 7) is 4.73. The molecule has 0 aliphatic carbocycles. The van der Waals surface area contributed by atoms with Gasteiger partial charge in [0.15, 0.2) is 5.60 Å². The molecule has 0 aromatic rings. The fourth-order valence-corrected chi connectivity index (χ4v) is 1.47. The first-order valence-corrected chi connectivity index (χ1v) is 5.52. The van der Waals surface area contributed by atoms with Crippen LogP contribution in [0.3, 0.4) is 0 Å². The smallest absolute Gasteiger partial charge is 0.336 e. The van der Waals surface area contributed by atoms with Crippen LogP contribution in [-0.4, -0.2) is 73.2 Å². The van der Waals surface area contributed by atoms with Gasteiger partial charge in [0.1, 0.15) is 0 Å². The lowest BCUT2D eigenvalue weighted by Gasteiger charge is -2.33. The number of hydrogen-bond acceptors (Lipinski definition) is 5. The fourth-order valence-electron chi connectivity index (χ4n) is 1.47. The van der Waals surface area contributed by atoms with Gasteiger partial charge in [-0.3, -0.25) is 4.90 Å². The molecule has 0 aliphatic heterocycles. The Balaban J connectivity index is 4.51. The summed E-state index contributed by atoms with van der Waals surface area (Å²) in [5.74, 6) is -1.23. The van der Waals surface area contributed by atoms with E-state index < -0.39 is 11.6 Å². The van der Waals surface area contributed by atoms with Gasteiger partial charge < -0.3 is 19.7 Å². The summed E-state index contributed by atoms with van der Waals surface area (Å²) in [7, 11) is 3.16. The molecule has 0 spiro atoms. The molecular formula is C11H23NO5. The minimum atomic E-state index is -1.77. The molecule has 0 bridgehead atoms. The van der Waals surface area contributed by atoms with Gasteiger partial charge in [0, 0.05) is 33.4 Å². The largest absolute Gasteiger partial charge is 0.479 e. The molecular weight excluding hydrogens is 226 g/mol. The minimum Gasteiger partial charge on any atom is -0.479 e. The van der Waals surface area contributed by atoms with Crippen molar-refractivity contribution in [2.75, 3.05) is 40.5 Å². The second kappa shape index (κ2) is 7.60. The molecule has 2 atom stereocenters. The lowest BCUT2D eigenvalue weighted by molar-refractivity contribution is -0.159. The number of rotatable bonds is 9. The van der Waals surface area contributed by atoms with Gasteiger partial charge in [0.25, 0.3) is 0 Å². The molecule has 102 valence electrons. The van der Waals surface area contributed by atoms with Crippen LogP contribution in [0.1, 0.15) is 13.8 Å². The number of carboxylic acids is 1. The summed E-state index contributed by atoms with van der Waals surface area (Å²) in [4.78, 5) is 12.7.